The fraction of sp³-hybridized carbons (Fsp3) is 0.538. The second kappa shape index (κ2) is 6.59. The molecule has 1 aromatic carbocycles. The van der Waals surface area contributed by atoms with Crippen LogP contribution in [-0.2, 0) is 13.0 Å². The Morgan fingerprint density at radius 3 is 2.33 bits per heavy atom. The zero-order valence-corrected chi connectivity index (χ0v) is 9.66. The Labute approximate surface area is 92.3 Å². The van der Waals surface area contributed by atoms with Gasteiger partial charge in [-0.05, 0) is 24.5 Å². The van der Waals surface area contributed by atoms with E-state index in [-0.39, 0.29) is 12.6 Å². The van der Waals surface area contributed by atoms with E-state index in [1.165, 1.54) is 17.5 Å². The molecular weight excluding hydrogens is 186 g/mol. The van der Waals surface area contributed by atoms with Gasteiger partial charge in [0.1, 0.15) is 0 Å². The third-order valence-electron chi connectivity index (χ3n) is 2.49. The molecule has 0 bridgehead atoms. The van der Waals surface area contributed by atoms with Crippen molar-refractivity contribution in [3.8, 4) is 0 Å². The molecule has 0 aliphatic rings. The number of aryl methyl sites for hydroxylation is 1. The van der Waals surface area contributed by atoms with Crippen LogP contribution in [0.1, 0.15) is 31.4 Å². The zero-order chi connectivity index (χ0) is 11.1. The van der Waals surface area contributed by atoms with Gasteiger partial charge in [0, 0.05) is 12.6 Å². The van der Waals surface area contributed by atoms with Crippen molar-refractivity contribution in [3.05, 3.63) is 35.4 Å². The lowest BCUT2D eigenvalue weighted by Gasteiger charge is -2.10. The van der Waals surface area contributed by atoms with Crippen molar-refractivity contribution in [1.82, 2.24) is 5.32 Å². The highest BCUT2D eigenvalue weighted by molar-refractivity contribution is 5.22. The Morgan fingerprint density at radius 2 is 1.80 bits per heavy atom. The third-order valence-corrected chi connectivity index (χ3v) is 2.49. The largest absolute Gasteiger partial charge is 0.395 e. The molecule has 1 atom stereocenters. The summed E-state index contributed by atoms with van der Waals surface area (Å²) in [4.78, 5) is 0. The highest BCUT2D eigenvalue weighted by atomic mass is 16.3. The summed E-state index contributed by atoms with van der Waals surface area (Å²) in [6, 6.07) is 8.85. The molecule has 0 saturated carbocycles. The Bertz CT molecular complexity index is 268. The van der Waals surface area contributed by atoms with Gasteiger partial charge in [-0.1, -0.05) is 37.6 Å². The standard InChI is InChI=1S/C13H21NO/c1-3-4-12-5-7-13(8-6-12)9-14-11(2)10-15/h5-8,11,14-15H,3-4,9-10H2,1-2H3. The van der Waals surface area contributed by atoms with Crippen molar-refractivity contribution in [2.75, 3.05) is 6.61 Å². The van der Waals surface area contributed by atoms with Crippen molar-refractivity contribution in [1.29, 1.82) is 0 Å². The Morgan fingerprint density at radius 1 is 1.20 bits per heavy atom. The van der Waals surface area contributed by atoms with E-state index in [0.717, 1.165) is 13.0 Å². The zero-order valence-electron chi connectivity index (χ0n) is 9.66. The summed E-state index contributed by atoms with van der Waals surface area (Å²) in [6.07, 6.45) is 2.35. The molecule has 0 amide bonds. The topological polar surface area (TPSA) is 32.3 Å². The molecule has 1 unspecified atom stereocenters. The lowest BCUT2D eigenvalue weighted by molar-refractivity contribution is 0.251. The molecule has 84 valence electrons. The fourth-order valence-electron chi connectivity index (χ4n) is 1.47. The van der Waals surface area contributed by atoms with E-state index in [1.54, 1.807) is 0 Å². The summed E-state index contributed by atoms with van der Waals surface area (Å²) in [5, 5.41) is 12.1. The summed E-state index contributed by atoms with van der Waals surface area (Å²) in [5.41, 5.74) is 2.67. The Hall–Kier alpha value is -0.860. The second-order valence-electron chi connectivity index (χ2n) is 4.03. The molecule has 0 fully saturated rings. The molecule has 0 radical (unpaired) electrons. The molecule has 0 spiro atoms. The van der Waals surface area contributed by atoms with E-state index in [4.69, 9.17) is 5.11 Å². The van der Waals surface area contributed by atoms with E-state index in [1.807, 2.05) is 6.92 Å². The van der Waals surface area contributed by atoms with Crippen molar-refractivity contribution in [2.24, 2.45) is 0 Å². The van der Waals surface area contributed by atoms with E-state index in [9.17, 15) is 0 Å². The minimum absolute atomic E-state index is 0.167. The summed E-state index contributed by atoms with van der Waals surface area (Å²) in [7, 11) is 0. The monoisotopic (exact) mass is 207 g/mol. The molecular formula is C13H21NO. The minimum Gasteiger partial charge on any atom is -0.395 e. The summed E-state index contributed by atoms with van der Waals surface area (Å²) >= 11 is 0. The molecule has 0 aromatic heterocycles. The van der Waals surface area contributed by atoms with E-state index >= 15 is 0 Å². The van der Waals surface area contributed by atoms with Gasteiger partial charge in [-0.3, -0.25) is 0 Å². The number of aliphatic hydroxyl groups excluding tert-OH is 1. The molecule has 0 aliphatic carbocycles. The lowest BCUT2D eigenvalue weighted by atomic mass is 10.1. The molecule has 0 heterocycles. The van der Waals surface area contributed by atoms with Crippen LogP contribution in [0.5, 0.6) is 0 Å². The quantitative estimate of drug-likeness (QED) is 0.749. The molecule has 0 saturated heterocycles. The van der Waals surface area contributed by atoms with Crippen molar-refractivity contribution >= 4 is 0 Å². The minimum atomic E-state index is 0.167. The predicted molar refractivity (Wildman–Crippen MR) is 63.8 cm³/mol. The molecule has 0 aliphatic heterocycles. The number of hydrogen-bond donors (Lipinski definition) is 2. The van der Waals surface area contributed by atoms with Crippen LogP contribution in [0.3, 0.4) is 0 Å². The van der Waals surface area contributed by atoms with Crippen LogP contribution >= 0.6 is 0 Å². The normalized spacial score (nSPS) is 12.7. The van der Waals surface area contributed by atoms with Gasteiger partial charge in [0.2, 0.25) is 0 Å². The molecule has 2 N–H and O–H groups in total. The summed E-state index contributed by atoms with van der Waals surface area (Å²) in [6.45, 7) is 5.19. The van der Waals surface area contributed by atoms with E-state index in [0.29, 0.717) is 0 Å². The average molecular weight is 207 g/mol. The Kier molecular flexibility index (Phi) is 5.37. The first-order valence-corrected chi connectivity index (χ1v) is 5.68. The summed E-state index contributed by atoms with van der Waals surface area (Å²) < 4.78 is 0. The average Bonchev–Trinajstić information content (AvgIpc) is 2.28. The first-order chi connectivity index (χ1) is 7.26. The number of rotatable bonds is 6. The molecule has 1 aromatic rings. The van der Waals surface area contributed by atoms with Gasteiger partial charge < -0.3 is 10.4 Å². The van der Waals surface area contributed by atoms with Crippen LogP contribution in [-0.4, -0.2) is 17.8 Å². The maximum absolute atomic E-state index is 8.86. The van der Waals surface area contributed by atoms with Crippen LogP contribution in [0.2, 0.25) is 0 Å². The highest BCUT2D eigenvalue weighted by Crippen LogP contribution is 2.06. The van der Waals surface area contributed by atoms with Gasteiger partial charge in [0.05, 0.1) is 6.61 Å². The molecule has 2 nitrogen and oxygen atoms in total. The van der Waals surface area contributed by atoms with Crippen molar-refractivity contribution < 1.29 is 5.11 Å². The van der Waals surface area contributed by atoms with Crippen LogP contribution in [0.4, 0.5) is 0 Å². The first-order valence-electron chi connectivity index (χ1n) is 5.68. The molecule has 2 heteroatoms. The van der Waals surface area contributed by atoms with Crippen LogP contribution in [0.15, 0.2) is 24.3 Å². The molecule has 1 rings (SSSR count). The third kappa shape index (κ3) is 4.45. The maximum Gasteiger partial charge on any atom is 0.0582 e. The number of nitrogens with one attached hydrogen (secondary N) is 1. The van der Waals surface area contributed by atoms with Gasteiger partial charge in [-0.2, -0.15) is 0 Å². The van der Waals surface area contributed by atoms with Crippen LogP contribution < -0.4 is 5.32 Å². The van der Waals surface area contributed by atoms with Gasteiger partial charge in [-0.15, -0.1) is 0 Å². The smallest absolute Gasteiger partial charge is 0.0582 e. The van der Waals surface area contributed by atoms with Crippen LogP contribution in [0, 0.1) is 0 Å². The van der Waals surface area contributed by atoms with Gasteiger partial charge in [0.15, 0.2) is 0 Å². The highest BCUT2D eigenvalue weighted by Gasteiger charge is 1.99. The summed E-state index contributed by atoms with van der Waals surface area (Å²) in [5.74, 6) is 0. The maximum atomic E-state index is 8.86. The number of hydrogen-bond acceptors (Lipinski definition) is 2. The molecule has 15 heavy (non-hydrogen) atoms. The van der Waals surface area contributed by atoms with Gasteiger partial charge in [0.25, 0.3) is 0 Å². The van der Waals surface area contributed by atoms with Crippen molar-refractivity contribution in [3.63, 3.8) is 0 Å². The van der Waals surface area contributed by atoms with Crippen LogP contribution in [0.25, 0.3) is 0 Å². The first kappa shape index (κ1) is 12.2. The second-order valence-corrected chi connectivity index (χ2v) is 4.03. The van der Waals surface area contributed by atoms with Crippen molar-refractivity contribution in [2.45, 2.75) is 39.3 Å². The van der Waals surface area contributed by atoms with Gasteiger partial charge in [-0.25, -0.2) is 0 Å². The predicted octanol–water partition coefficient (Wildman–Crippen LogP) is 2.11. The Balaban J connectivity index is 2.42. The number of aliphatic hydroxyl groups is 1. The SMILES string of the molecule is CCCc1ccc(CNC(C)CO)cc1. The lowest BCUT2D eigenvalue weighted by Crippen LogP contribution is -2.28. The van der Waals surface area contributed by atoms with E-state index in [2.05, 4.69) is 36.5 Å². The number of benzene rings is 1. The van der Waals surface area contributed by atoms with Gasteiger partial charge >= 0.3 is 0 Å². The van der Waals surface area contributed by atoms with E-state index < -0.39 is 0 Å². The fourth-order valence-corrected chi connectivity index (χ4v) is 1.47.